The first-order chi connectivity index (χ1) is 14.1. The fourth-order valence-electron chi connectivity index (χ4n) is 3.35. The van der Waals surface area contributed by atoms with Gasteiger partial charge >= 0.3 is 5.97 Å². The fourth-order valence-corrected chi connectivity index (χ4v) is 4.81. The molecule has 0 aromatic heterocycles. The van der Waals surface area contributed by atoms with Gasteiger partial charge in [-0.05, 0) is 47.9 Å². The second-order valence-electron chi connectivity index (χ2n) is 7.10. The molecule has 2 aromatic rings. The van der Waals surface area contributed by atoms with Gasteiger partial charge in [0.15, 0.2) is 9.84 Å². The number of sulfone groups is 1. The Morgan fingerprint density at radius 3 is 2.67 bits per heavy atom. The van der Waals surface area contributed by atoms with Gasteiger partial charge in [0.05, 0.1) is 20.5 Å². The number of carbonyl (C=O) groups is 2. The Hall–Kier alpha value is -2.13. The average molecular weight is 471 g/mol. The topological polar surface area (TPSA) is 113 Å². The number of fused-ring (bicyclic) bond motifs is 1. The molecule has 0 aliphatic carbocycles. The second kappa shape index (κ2) is 8.93. The van der Waals surface area contributed by atoms with Gasteiger partial charge < -0.3 is 15.7 Å². The largest absolute Gasteiger partial charge is 0.480 e. The zero-order valence-corrected chi connectivity index (χ0v) is 18.4. The Morgan fingerprint density at radius 1 is 1.27 bits per heavy atom. The number of aliphatic carboxylic acids is 1. The van der Waals surface area contributed by atoms with Crippen molar-refractivity contribution in [2.45, 2.75) is 30.3 Å². The van der Waals surface area contributed by atoms with Gasteiger partial charge in [0.25, 0.3) is 5.91 Å². The normalized spacial score (nSPS) is 14.6. The summed E-state index contributed by atoms with van der Waals surface area (Å²) in [5.74, 6) is -1.96. The van der Waals surface area contributed by atoms with Crippen LogP contribution in [-0.4, -0.2) is 44.2 Å². The highest BCUT2D eigenvalue weighted by atomic mass is 35.5. The van der Waals surface area contributed by atoms with E-state index in [9.17, 15) is 23.1 Å². The SMILES string of the molecule is CS(=O)(=O)c1cccc(C[C@@H](NC(=O)c2c(Cl)cc3c(c2Cl)CCNC3)C(=O)O)c1. The first kappa shape index (κ1) is 22.6. The first-order valence-corrected chi connectivity index (χ1v) is 11.8. The van der Waals surface area contributed by atoms with Crippen LogP contribution in [0.5, 0.6) is 0 Å². The Morgan fingerprint density at radius 2 is 2.00 bits per heavy atom. The number of benzene rings is 2. The summed E-state index contributed by atoms with van der Waals surface area (Å²) in [6.45, 7) is 1.30. The Labute approximate surface area is 184 Å². The summed E-state index contributed by atoms with van der Waals surface area (Å²) in [7, 11) is -3.44. The summed E-state index contributed by atoms with van der Waals surface area (Å²) in [6, 6.07) is 6.31. The molecule has 1 aliphatic heterocycles. The molecule has 30 heavy (non-hydrogen) atoms. The van der Waals surface area contributed by atoms with Crippen LogP contribution in [0.4, 0.5) is 0 Å². The fraction of sp³-hybridized carbons (Fsp3) is 0.300. The van der Waals surface area contributed by atoms with Crippen molar-refractivity contribution in [2.75, 3.05) is 12.8 Å². The van der Waals surface area contributed by atoms with Crippen molar-refractivity contribution in [3.05, 3.63) is 62.6 Å². The molecule has 3 rings (SSSR count). The zero-order valence-electron chi connectivity index (χ0n) is 16.0. The van der Waals surface area contributed by atoms with Gasteiger partial charge in [-0.15, -0.1) is 0 Å². The van der Waals surface area contributed by atoms with Crippen molar-refractivity contribution in [2.24, 2.45) is 0 Å². The lowest BCUT2D eigenvalue weighted by molar-refractivity contribution is -0.139. The number of amides is 1. The number of carbonyl (C=O) groups excluding carboxylic acids is 1. The van der Waals surface area contributed by atoms with Crippen LogP contribution < -0.4 is 10.6 Å². The smallest absolute Gasteiger partial charge is 0.326 e. The lowest BCUT2D eigenvalue weighted by atomic mass is 9.97. The third-order valence-corrected chi connectivity index (χ3v) is 6.70. The highest BCUT2D eigenvalue weighted by Crippen LogP contribution is 2.33. The monoisotopic (exact) mass is 470 g/mol. The van der Waals surface area contributed by atoms with Crippen molar-refractivity contribution in [1.29, 1.82) is 0 Å². The Bertz CT molecular complexity index is 1120. The molecular formula is C20H20Cl2N2O5S. The number of hydrogen-bond acceptors (Lipinski definition) is 5. The quantitative estimate of drug-likeness (QED) is 0.597. The number of carboxylic acid groups (broad SMARTS) is 1. The van der Waals surface area contributed by atoms with Crippen LogP contribution in [0.25, 0.3) is 0 Å². The van der Waals surface area contributed by atoms with Crippen LogP contribution >= 0.6 is 23.2 Å². The summed E-state index contributed by atoms with van der Waals surface area (Å²) in [4.78, 5) is 24.7. The van der Waals surface area contributed by atoms with Crippen molar-refractivity contribution in [3.63, 3.8) is 0 Å². The molecular weight excluding hydrogens is 451 g/mol. The summed E-state index contributed by atoms with van der Waals surface area (Å²) in [5.41, 5.74) is 2.22. The van der Waals surface area contributed by atoms with Crippen LogP contribution in [0.3, 0.4) is 0 Å². The summed E-state index contributed by atoms with van der Waals surface area (Å²) in [5, 5.41) is 15.6. The lowest BCUT2D eigenvalue weighted by Gasteiger charge is -2.22. The minimum absolute atomic E-state index is 0.0371. The number of nitrogens with one attached hydrogen (secondary N) is 2. The van der Waals surface area contributed by atoms with Crippen molar-refractivity contribution in [1.82, 2.24) is 10.6 Å². The lowest BCUT2D eigenvalue weighted by Crippen LogP contribution is -2.42. The van der Waals surface area contributed by atoms with Gasteiger partial charge in [0.1, 0.15) is 6.04 Å². The maximum atomic E-state index is 12.8. The molecule has 0 spiro atoms. The molecule has 0 saturated heterocycles. The van der Waals surface area contributed by atoms with Crippen LogP contribution in [0, 0.1) is 0 Å². The number of rotatable bonds is 6. The Kier molecular flexibility index (Phi) is 6.71. The van der Waals surface area contributed by atoms with Gasteiger partial charge in [-0.1, -0.05) is 35.3 Å². The molecule has 1 atom stereocenters. The number of carboxylic acids is 1. The van der Waals surface area contributed by atoms with E-state index in [0.29, 0.717) is 25.1 Å². The van der Waals surface area contributed by atoms with Crippen LogP contribution in [0.1, 0.15) is 27.0 Å². The molecule has 2 aromatic carbocycles. The third kappa shape index (κ3) is 4.95. The highest BCUT2D eigenvalue weighted by Gasteiger charge is 2.27. The second-order valence-corrected chi connectivity index (χ2v) is 9.90. The molecule has 1 amide bonds. The van der Waals surface area contributed by atoms with E-state index in [1.54, 1.807) is 12.1 Å². The zero-order chi connectivity index (χ0) is 22.1. The molecule has 0 bridgehead atoms. The van der Waals surface area contributed by atoms with E-state index in [1.807, 2.05) is 0 Å². The van der Waals surface area contributed by atoms with Crippen LogP contribution in [0.2, 0.25) is 10.0 Å². The van der Waals surface area contributed by atoms with Crippen molar-refractivity contribution >= 4 is 44.9 Å². The molecule has 0 radical (unpaired) electrons. The third-order valence-electron chi connectivity index (χ3n) is 4.88. The van der Waals surface area contributed by atoms with E-state index in [0.717, 1.165) is 17.4 Å². The van der Waals surface area contributed by atoms with E-state index in [2.05, 4.69) is 10.6 Å². The predicted molar refractivity (Wildman–Crippen MR) is 114 cm³/mol. The molecule has 3 N–H and O–H groups in total. The molecule has 1 heterocycles. The van der Waals surface area contributed by atoms with Crippen molar-refractivity contribution in [3.8, 4) is 0 Å². The van der Waals surface area contributed by atoms with Gasteiger partial charge in [0, 0.05) is 19.2 Å². The van der Waals surface area contributed by atoms with E-state index < -0.39 is 27.8 Å². The summed E-state index contributed by atoms with van der Waals surface area (Å²) < 4.78 is 23.5. The van der Waals surface area contributed by atoms with Gasteiger partial charge in [0.2, 0.25) is 0 Å². The van der Waals surface area contributed by atoms with Crippen molar-refractivity contribution < 1.29 is 23.1 Å². The van der Waals surface area contributed by atoms with E-state index in [1.165, 1.54) is 18.2 Å². The summed E-state index contributed by atoms with van der Waals surface area (Å²) in [6.07, 6.45) is 1.60. The minimum Gasteiger partial charge on any atom is -0.480 e. The first-order valence-electron chi connectivity index (χ1n) is 9.11. The van der Waals surface area contributed by atoms with E-state index >= 15 is 0 Å². The molecule has 7 nitrogen and oxygen atoms in total. The number of halogens is 2. The van der Waals surface area contributed by atoms with E-state index in [-0.39, 0.29) is 26.9 Å². The number of hydrogen-bond donors (Lipinski definition) is 3. The Balaban J connectivity index is 1.86. The van der Waals surface area contributed by atoms with Gasteiger partial charge in [-0.25, -0.2) is 13.2 Å². The molecule has 1 aliphatic rings. The van der Waals surface area contributed by atoms with Gasteiger partial charge in [-0.2, -0.15) is 0 Å². The maximum absolute atomic E-state index is 12.8. The summed E-state index contributed by atoms with van der Waals surface area (Å²) >= 11 is 12.7. The highest BCUT2D eigenvalue weighted by molar-refractivity contribution is 7.90. The molecule has 0 unspecified atom stereocenters. The minimum atomic E-state index is -3.44. The van der Waals surface area contributed by atoms with Crippen LogP contribution in [0.15, 0.2) is 35.2 Å². The molecule has 10 heteroatoms. The van der Waals surface area contributed by atoms with E-state index in [4.69, 9.17) is 23.2 Å². The standard InChI is InChI=1S/C20H20Cl2N2O5S/c1-30(28,29)13-4-2-3-11(7-13)8-16(20(26)27)24-19(25)17-15(21)9-12-10-23-6-5-14(12)18(17)22/h2-4,7,9,16,23H,5-6,8,10H2,1H3,(H,24,25)(H,26,27)/t16-/m1/s1. The molecule has 0 saturated carbocycles. The maximum Gasteiger partial charge on any atom is 0.326 e. The molecule has 160 valence electrons. The average Bonchev–Trinajstić information content (AvgIpc) is 2.67. The van der Waals surface area contributed by atoms with Gasteiger partial charge in [-0.3, -0.25) is 4.79 Å². The predicted octanol–water partition coefficient (Wildman–Crippen LogP) is 2.47. The van der Waals surface area contributed by atoms with Crippen LogP contribution in [-0.2, 0) is 34.0 Å². The molecule has 0 fully saturated rings.